The number of carbonyl (C=O) groups is 2. The number of nitrogens with zero attached hydrogens (tertiary/aromatic N) is 1. The lowest BCUT2D eigenvalue weighted by atomic mass is 10.0. The highest BCUT2D eigenvalue weighted by Crippen LogP contribution is 2.25. The standard InChI is InChI=1S/C23H37NO7S2/c1-17(31-33(28,29)18-11-9-8-10-12-18)13-15-32-16-14-19(20(25)26)24(22(2,3)4)21(27)30-23(5,6)7/h8-12,17,19H,13-16H2,1-7H3,(H,25,26)/t17?,19-/m0/s1. The Hall–Kier alpha value is -1.78. The number of carbonyl (C=O) groups excluding carboxylic acids is 1. The zero-order valence-electron chi connectivity index (χ0n) is 20.5. The molecule has 1 rings (SSSR count). The highest BCUT2D eigenvalue weighted by Gasteiger charge is 2.39. The Morgan fingerprint density at radius 3 is 2.06 bits per heavy atom. The minimum absolute atomic E-state index is 0.109. The monoisotopic (exact) mass is 503 g/mol. The Balaban J connectivity index is 2.64. The number of benzene rings is 1. The fourth-order valence-corrected chi connectivity index (χ4v) is 5.22. The van der Waals surface area contributed by atoms with Gasteiger partial charge in [-0.2, -0.15) is 20.2 Å². The molecule has 2 atom stereocenters. The third kappa shape index (κ3) is 10.4. The van der Waals surface area contributed by atoms with Gasteiger partial charge in [0.15, 0.2) is 0 Å². The quantitative estimate of drug-likeness (QED) is 0.339. The van der Waals surface area contributed by atoms with Crippen molar-refractivity contribution < 1.29 is 32.0 Å². The van der Waals surface area contributed by atoms with Gasteiger partial charge in [0.25, 0.3) is 10.1 Å². The molecular weight excluding hydrogens is 466 g/mol. The molecule has 0 spiro atoms. The van der Waals surface area contributed by atoms with E-state index in [4.69, 9.17) is 8.92 Å². The van der Waals surface area contributed by atoms with Gasteiger partial charge in [0.1, 0.15) is 11.6 Å². The molecule has 0 aromatic heterocycles. The second-order valence-electron chi connectivity index (χ2n) is 9.74. The Labute approximate surface area is 202 Å². The molecule has 1 N–H and O–H groups in total. The third-order valence-electron chi connectivity index (χ3n) is 4.44. The van der Waals surface area contributed by atoms with Crippen LogP contribution in [-0.4, -0.2) is 65.3 Å². The number of amides is 1. The maximum atomic E-state index is 12.7. The number of thioether (sulfide) groups is 1. The molecule has 0 heterocycles. The molecule has 1 amide bonds. The van der Waals surface area contributed by atoms with E-state index >= 15 is 0 Å². The van der Waals surface area contributed by atoms with Crippen LogP contribution in [0.1, 0.15) is 61.3 Å². The number of carboxylic acids is 1. The molecular formula is C23H37NO7S2. The zero-order valence-corrected chi connectivity index (χ0v) is 22.2. The van der Waals surface area contributed by atoms with Crippen molar-refractivity contribution in [3.63, 3.8) is 0 Å². The average Bonchev–Trinajstić information content (AvgIpc) is 2.64. The van der Waals surface area contributed by atoms with Gasteiger partial charge in [-0.1, -0.05) is 18.2 Å². The Bertz CT molecular complexity index is 874. The number of ether oxygens (including phenoxy) is 1. The summed E-state index contributed by atoms with van der Waals surface area (Å²) in [6.07, 6.45) is -0.483. The Morgan fingerprint density at radius 2 is 1.58 bits per heavy atom. The van der Waals surface area contributed by atoms with Crippen LogP contribution in [0, 0.1) is 0 Å². The van der Waals surface area contributed by atoms with Crippen molar-refractivity contribution >= 4 is 33.9 Å². The summed E-state index contributed by atoms with van der Waals surface area (Å²) in [4.78, 5) is 26.1. The minimum Gasteiger partial charge on any atom is -0.480 e. The maximum Gasteiger partial charge on any atom is 0.411 e. The van der Waals surface area contributed by atoms with Crippen LogP contribution >= 0.6 is 11.8 Å². The lowest BCUT2D eigenvalue weighted by molar-refractivity contribution is -0.145. The van der Waals surface area contributed by atoms with Gasteiger partial charge in [-0.3, -0.25) is 9.08 Å². The summed E-state index contributed by atoms with van der Waals surface area (Å²) < 4.78 is 35.3. The van der Waals surface area contributed by atoms with Crippen LogP contribution in [0.2, 0.25) is 0 Å². The third-order valence-corrected chi connectivity index (χ3v) is 6.92. The highest BCUT2D eigenvalue weighted by atomic mass is 32.2. The van der Waals surface area contributed by atoms with Crippen LogP contribution in [0.5, 0.6) is 0 Å². The number of hydrogen-bond acceptors (Lipinski definition) is 7. The molecule has 0 saturated heterocycles. The van der Waals surface area contributed by atoms with Crippen molar-refractivity contribution in [2.75, 3.05) is 11.5 Å². The molecule has 188 valence electrons. The summed E-state index contributed by atoms with van der Waals surface area (Å²) >= 11 is 1.49. The van der Waals surface area contributed by atoms with E-state index in [0.717, 1.165) is 0 Å². The van der Waals surface area contributed by atoms with Crippen LogP contribution in [0.25, 0.3) is 0 Å². The van der Waals surface area contributed by atoms with Gasteiger partial charge < -0.3 is 9.84 Å². The first-order chi connectivity index (χ1) is 15.0. The zero-order chi connectivity index (χ0) is 25.4. The average molecular weight is 504 g/mol. The van der Waals surface area contributed by atoms with Crippen LogP contribution in [0.4, 0.5) is 4.79 Å². The van der Waals surface area contributed by atoms with Gasteiger partial charge in [-0.15, -0.1) is 0 Å². The van der Waals surface area contributed by atoms with Crippen molar-refractivity contribution in [3.8, 4) is 0 Å². The first-order valence-corrected chi connectivity index (χ1v) is 13.4. The van der Waals surface area contributed by atoms with E-state index in [1.807, 2.05) is 0 Å². The number of aliphatic carboxylic acids is 1. The van der Waals surface area contributed by atoms with E-state index in [1.165, 1.54) is 28.8 Å². The van der Waals surface area contributed by atoms with Gasteiger partial charge in [0.2, 0.25) is 0 Å². The number of rotatable bonds is 11. The molecule has 10 heteroatoms. The van der Waals surface area contributed by atoms with Crippen molar-refractivity contribution in [1.82, 2.24) is 4.90 Å². The molecule has 0 aliphatic heterocycles. The molecule has 0 aliphatic carbocycles. The van der Waals surface area contributed by atoms with E-state index in [1.54, 1.807) is 66.7 Å². The summed E-state index contributed by atoms with van der Waals surface area (Å²) in [5.74, 6) is -0.0355. The van der Waals surface area contributed by atoms with Crippen LogP contribution < -0.4 is 0 Å². The Kier molecular flexibility index (Phi) is 10.7. The SMILES string of the molecule is CC(CCSCC[C@@H](C(=O)O)N(C(=O)OC(C)(C)C)C(C)(C)C)OS(=O)(=O)c1ccccc1. The van der Waals surface area contributed by atoms with Gasteiger partial charge in [0.05, 0.1) is 11.0 Å². The van der Waals surface area contributed by atoms with Gasteiger partial charge in [-0.05, 0) is 84.9 Å². The first kappa shape index (κ1) is 29.3. The van der Waals surface area contributed by atoms with Crippen LogP contribution in [0.15, 0.2) is 35.2 Å². The molecule has 0 saturated carbocycles. The summed E-state index contributed by atoms with van der Waals surface area (Å²) in [7, 11) is -3.82. The van der Waals surface area contributed by atoms with Crippen molar-refractivity contribution in [2.24, 2.45) is 0 Å². The first-order valence-electron chi connectivity index (χ1n) is 10.9. The second-order valence-corrected chi connectivity index (χ2v) is 12.5. The fraction of sp³-hybridized carbons (Fsp3) is 0.652. The van der Waals surface area contributed by atoms with Crippen LogP contribution in [0.3, 0.4) is 0 Å². The van der Waals surface area contributed by atoms with Gasteiger partial charge in [-0.25, -0.2) is 9.59 Å². The molecule has 8 nitrogen and oxygen atoms in total. The molecule has 1 aromatic carbocycles. The molecule has 1 aromatic rings. The van der Waals surface area contributed by atoms with E-state index in [0.29, 0.717) is 17.9 Å². The second kappa shape index (κ2) is 12.1. The van der Waals surface area contributed by atoms with Gasteiger partial charge in [0, 0.05) is 5.54 Å². The summed E-state index contributed by atoms with van der Waals surface area (Å²) in [6, 6.07) is 6.91. The maximum absolute atomic E-state index is 12.7. The van der Waals surface area contributed by atoms with Crippen molar-refractivity contribution in [1.29, 1.82) is 0 Å². The summed E-state index contributed by atoms with van der Waals surface area (Å²) in [6.45, 7) is 12.2. The van der Waals surface area contributed by atoms with E-state index < -0.39 is 45.5 Å². The van der Waals surface area contributed by atoms with Crippen molar-refractivity contribution in [3.05, 3.63) is 30.3 Å². The lowest BCUT2D eigenvalue weighted by Gasteiger charge is -2.40. The number of carboxylic acid groups (broad SMARTS) is 1. The predicted molar refractivity (Wildman–Crippen MR) is 130 cm³/mol. The van der Waals surface area contributed by atoms with E-state index in [9.17, 15) is 23.1 Å². The Morgan fingerprint density at radius 1 is 1.03 bits per heavy atom. The summed E-state index contributed by atoms with van der Waals surface area (Å²) in [5, 5.41) is 9.79. The largest absolute Gasteiger partial charge is 0.480 e. The normalized spacial score (nSPS) is 14.4. The molecule has 1 unspecified atom stereocenters. The van der Waals surface area contributed by atoms with Gasteiger partial charge >= 0.3 is 12.1 Å². The molecule has 0 aliphatic rings. The van der Waals surface area contributed by atoms with Crippen molar-refractivity contribution in [2.45, 2.75) is 89.5 Å². The molecule has 0 fully saturated rings. The molecule has 0 radical (unpaired) electrons. The van der Waals surface area contributed by atoms with Crippen LogP contribution in [-0.2, 0) is 23.8 Å². The highest BCUT2D eigenvalue weighted by molar-refractivity contribution is 7.99. The smallest absolute Gasteiger partial charge is 0.411 e. The molecule has 33 heavy (non-hydrogen) atoms. The van der Waals surface area contributed by atoms with E-state index in [-0.39, 0.29) is 11.3 Å². The predicted octanol–water partition coefficient (Wildman–Crippen LogP) is 4.78. The van der Waals surface area contributed by atoms with E-state index in [2.05, 4.69) is 0 Å². The number of hydrogen-bond donors (Lipinski definition) is 1. The lowest BCUT2D eigenvalue weighted by Crippen LogP contribution is -2.56. The fourth-order valence-electron chi connectivity index (χ4n) is 3.00. The minimum atomic E-state index is -3.82. The summed E-state index contributed by atoms with van der Waals surface area (Å²) in [5.41, 5.74) is -1.49. The molecule has 0 bridgehead atoms. The topological polar surface area (TPSA) is 110 Å².